The molecule has 3 heterocycles. The fourth-order valence-electron chi connectivity index (χ4n) is 3.96. The third-order valence-electron chi connectivity index (χ3n) is 5.81. The lowest BCUT2D eigenvalue weighted by molar-refractivity contribution is 0.198. The van der Waals surface area contributed by atoms with Crippen molar-refractivity contribution in [2.24, 2.45) is 5.92 Å². The van der Waals surface area contributed by atoms with Crippen molar-refractivity contribution in [3.05, 3.63) is 54.1 Å². The van der Waals surface area contributed by atoms with E-state index in [2.05, 4.69) is 15.2 Å². The second kappa shape index (κ2) is 7.54. The first-order chi connectivity index (χ1) is 14.2. The highest BCUT2D eigenvalue weighted by Crippen LogP contribution is 2.37. The minimum absolute atomic E-state index is 0.0772. The Morgan fingerprint density at radius 3 is 2.45 bits per heavy atom. The van der Waals surface area contributed by atoms with Crippen molar-refractivity contribution in [3.8, 4) is 0 Å². The highest BCUT2D eigenvalue weighted by molar-refractivity contribution is 5.80. The molecule has 7 heteroatoms. The van der Waals surface area contributed by atoms with Crippen molar-refractivity contribution in [2.75, 3.05) is 23.3 Å². The minimum atomic E-state index is -1.08. The third-order valence-corrected chi connectivity index (χ3v) is 5.81. The molecule has 0 radical (unpaired) electrons. The van der Waals surface area contributed by atoms with Crippen molar-refractivity contribution in [1.82, 2.24) is 15.0 Å². The van der Waals surface area contributed by atoms with Crippen molar-refractivity contribution in [1.29, 1.82) is 0 Å². The second-order valence-electron chi connectivity index (χ2n) is 7.96. The number of halogens is 2. The van der Waals surface area contributed by atoms with Crippen molar-refractivity contribution in [2.45, 2.75) is 37.9 Å². The van der Waals surface area contributed by atoms with Gasteiger partial charge in [-0.05, 0) is 55.4 Å². The predicted molar refractivity (Wildman–Crippen MR) is 109 cm³/mol. The first-order valence-corrected chi connectivity index (χ1v) is 10.2. The standard InChI is InChI=1S/C22H23F2N5/c23-16-3-1-14(2-4-16)20(24)15-8-11-29(12-9-15)22-21(26-17-5-6-17)27-18-7-10-25-13-19(18)28-22/h1-4,7,10,13,15,17,20H,5-6,8-9,11-12H2,(H,26,27)/t20-/m0/s1. The van der Waals surface area contributed by atoms with Crippen LogP contribution in [-0.2, 0) is 0 Å². The quantitative estimate of drug-likeness (QED) is 0.681. The Morgan fingerprint density at radius 1 is 0.966 bits per heavy atom. The molecule has 5 rings (SSSR count). The summed E-state index contributed by atoms with van der Waals surface area (Å²) in [4.78, 5) is 15.9. The lowest BCUT2D eigenvalue weighted by atomic mass is 9.88. The Morgan fingerprint density at radius 2 is 1.72 bits per heavy atom. The van der Waals surface area contributed by atoms with Crippen LogP contribution >= 0.6 is 0 Å². The van der Waals surface area contributed by atoms with E-state index in [1.54, 1.807) is 24.5 Å². The summed E-state index contributed by atoms with van der Waals surface area (Å²) >= 11 is 0. The molecule has 0 amide bonds. The number of fused-ring (bicyclic) bond motifs is 1. The summed E-state index contributed by atoms with van der Waals surface area (Å²) in [5.41, 5.74) is 2.14. The van der Waals surface area contributed by atoms with Crippen LogP contribution in [-0.4, -0.2) is 34.1 Å². The molecule has 2 aromatic heterocycles. The van der Waals surface area contributed by atoms with E-state index in [1.165, 1.54) is 12.1 Å². The van der Waals surface area contributed by atoms with E-state index in [0.717, 1.165) is 35.5 Å². The normalized spacial score (nSPS) is 18.8. The van der Waals surface area contributed by atoms with Gasteiger partial charge in [-0.15, -0.1) is 0 Å². The molecule has 0 unspecified atom stereocenters. The maximum absolute atomic E-state index is 15.0. The Balaban J connectivity index is 1.34. The van der Waals surface area contributed by atoms with Gasteiger partial charge in [0.25, 0.3) is 0 Å². The monoisotopic (exact) mass is 395 g/mol. The summed E-state index contributed by atoms with van der Waals surface area (Å²) in [6.45, 7) is 1.43. The topological polar surface area (TPSA) is 53.9 Å². The second-order valence-corrected chi connectivity index (χ2v) is 7.96. The number of hydrogen-bond donors (Lipinski definition) is 1. The average molecular weight is 395 g/mol. The zero-order chi connectivity index (χ0) is 19.8. The summed E-state index contributed by atoms with van der Waals surface area (Å²) in [5, 5.41) is 3.49. The number of pyridine rings is 1. The molecule has 0 bridgehead atoms. The Hall–Kier alpha value is -2.83. The molecule has 5 nitrogen and oxygen atoms in total. The predicted octanol–water partition coefficient (Wildman–Crippen LogP) is 4.67. The number of benzene rings is 1. The van der Waals surface area contributed by atoms with E-state index in [0.29, 0.717) is 37.5 Å². The van der Waals surface area contributed by atoms with Crippen molar-refractivity contribution < 1.29 is 8.78 Å². The van der Waals surface area contributed by atoms with Crippen LogP contribution in [0.1, 0.15) is 37.4 Å². The Bertz CT molecular complexity index is 998. The van der Waals surface area contributed by atoms with Gasteiger partial charge in [0.15, 0.2) is 11.6 Å². The molecule has 3 aromatic rings. The van der Waals surface area contributed by atoms with E-state index in [9.17, 15) is 8.78 Å². The fourth-order valence-corrected chi connectivity index (χ4v) is 3.96. The maximum Gasteiger partial charge on any atom is 0.172 e. The molecule has 2 aliphatic rings. The molecule has 2 fully saturated rings. The first-order valence-electron chi connectivity index (χ1n) is 10.2. The van der Waals surface area contributed by atoms with Gasteiger partial charge >= 0.3 is 0 Å². The number of piperidine rings is 1. The zero-order valence-electron chi connectivity index (χ0n) is 16.1. The van der Waals surface area contributed by atoms with Crippen LogP contribution in [0.2, 0.25) is 0 Å². The number of anilines is 2. The SMILES string of the molecule is Fc1ccc([C@H](F)C2CCN(c3nc4cnccc4nc3NC3CC3)CC2)cc1. The zero-order valence-corrected chi connectivity index (χ0v) is 16.1. The maximum atomic E-state index is 15.0. The summed E-state index contributed by atoms with van der Waals surface area (Å²) in [5.74, 6) is 1.22. The average Bonchev–Trinajstić information content (AvgIpc) is 3.57. The number of rotatable bonds is 5. The van der Waals surface area contributed by atoms with Crippen LogP contribution < -0.4 is 10.2 Å². The van der Waals surface area contributed by atoms with Crippen molar-refractivity contribution >= 4 is 22.7 Å². The molecule has 1 N–H and O–H groups in total. The molecule has 1 saturated carbocycles. The third kappa shape index (κ3) is 3.86. The molecule has 1 atom stereocenters. The smallest absolute Gasteiger partial charge is 0.172 e. The largest absolute Gasteiger partial charge is 0.364 e. The van der Waals surface area contributed by atoms with E-state index in [1.807, 2.05) is 6.07 Å². The first kappa shape index (κ1) is 18.2. The molecule has 1 aliphatic carbocycles. The number of hydrogen-bond acceptors (Lipinski definition) is 5. The van der Waals surface area contributed by atoms with Crippen LogP contribution in [0.4, 0.5) is 20.4 Å². The van der Waals surface area contributed by atoms with Gasteiger partial charge in [0.2, 0.25) is 0 Å². The molecule has 29 heavy (non-hydrogen) atoms. The van der Waals surface area contributed by atoms with E-state index in [-0.39, 0.29) is 11.7 Å². The Kier molecular flexibility index (Phi) is 4.73. The molecule has 0 spiro atoms. The number of alkyl halides is 1. The van der Waals surface area contributed by atoms with Crippen LogP contribution in [0.3, 0.4) is 0 Å². The van der Waals surface area contributed by atoms with Gasteiger partial charge in [-0.1, -0.05) is 12.1 Å². The molecule has 1 saturated heterocycles. The van der Waals surface area contributed by atoms with Gasteiger partial charge < -0.3 is 10.2 Å². The number of nitrogens with one attached hydrogen (secondary N) is 1. The van der Waals surface area contributed by atoms with E-state index in [4.69, 9.17) is 9.97 Å². The van der Waals surface area contributed by atoms with Gasteiger partial charge in [-0.25, -0.2) is 18.7 Å². The molecule has 150 valence electrons. The highest BCUT2D eigenvalue weighted by atomic mass is 19.1. The van der Waals surface area contributed by atoms with Gasteiger partial charge in [-0.3, -0.25) is 4.98 Å². The number of nitrogens with zero attached hydrogens (tertiary/aromatic N) is 4. The molecule has 1 aliphatic heterocycles. The number of aromatic nitrogens is 3. The van der Waals surface area contributed by atoms with Gasteiger partial charge in [-0.2, -0.15) is 0 Å². The van der Waals surface area contributed by atoms with Gasteiger partial charge in [0.05, 0.1) is 11.7 Å². The Labute approximate surface area is 168 Å². The van der Waals surface area contributed by atoms with Crippen LogP contribution in [0.15, 0.2) is 42.7 Å². The molecule has 1 aromatic carbocycles. The lowest BCUT2D eigenvalue weighted by Gasteiger charge is -2.35. The summed E-state index contributed by atoms with van der Waals surface area (Å²) in [6, 6.07) is 8.08. The fraction of sp³-hybridized carbons (Fsp3) is 0.409. The van der Waals surface area contributed by atoms with Gasteiger partial charge in [0.1, 0.15) is 17.5 Å². The molecular formula is C22H23F2N5. The van der Waals surface area contributed by atoms with E-state index >= 15 is 0 Å². The highest BCUT2D eigenvalue weighted by Gasteiger charge is 2.30. The van der Waals surface area contributed by atoms with Crippen molar-refractivity contribution in [3.63, 3.8) is 0 Å². The summed E-state index contributed by atoms with van der Waals surface area (Å²) in [6.07, 6.45) is 6.11. The summed E-state index contributed by atoms with van der Waals surface area (Å²) < 4.78 is 28.1. The van der Waals surface area contributed by atoms with Gasteiger partial charge in [0, 0.05) is 25.3 Å². The van der Waals surface area contributed by atoms with E-state index < -0.39 is 6.17 Å². The van der Waals surface area contributed by atoms with Crippen LogP contribution in [0, 0.1) is 11.7 Å². The molecular weight excluding hydrogens is 372 g/mol. The minimum Gasteiger partial charge on any atom is -0.364 e. The summed E-state index contributed by atoms with van der Waals surface area (Å²) in [7, 11) is 0. The van der Waals surface area contributed by atoms with Crippen LogP contribution in [0.25, 0.3) is 11.0 Å². The lowest BCUT2D eigenvalue weighted by Crippen LogP contribution is -2.36. The van der Waals surface area contributed by atoms with Crippen LogP contribution in [0.5, 0.6) is 0 Å².